The van der Waals surface area contributed by atoms with Gasteiger partial charge in [-0.15, -0.1) is 23.1 Å². The quantitative estimate of drug-likeness (QED) is 0.395. The number of nitrogen functional groups attached to an aromatic ring is 2. The molecule has 4 aliphatic rings. The number of rotatable bonds is 7. The molecule has 15 heteroatoms. The van der Waals surface area contributed by atoms with Gasteiger partial charge < -0.3 is 26.0 Å². The van der Waals surface area contributed by atoms with Gasteiger partial charge in [0.25, 0.3) is 0 Å². The summed E-state index contributed by atoms with van der Waals surface area (Å²) in [6.07, 6.45) is 4.35. The predicted octanol–water partition coefficient (Wildman–Crippen LogP) is 3.62. The summed E-state index contributed by atoms with van der Waals surface area (Å²) in [6, 6.07) is 1.83. The lowest BCUT2D eigenvalue weighted by Crippen LogP contribution is -2.57. The average molecular weight is 627 g/mol. The van der Waals surface area contributed by atoms with Crippen molar-refractivity contribution < 1.29 is 13.5 Å². The first-order chi connectivity index (χ1) is 20.6. The number of nitrogens with zero attached hydrogens (tertiary/aromatic N) is 8. The van der Waals surface area contributed by atoms with E-state index >= 15 is 4.39 Å². The zero-order chi connectivity index (χ0) is 30.1. The molecule has 4 N–H and O–H groups in total. The number of halogens is 2. The minimum absolute atomic E-state index is 0.0271. The average Bonchev–Trinajstić information content (AvgIpc) is 3.69. The van der Waals surface area contributed by atoms with Gasteiger partial charge in [0.1, 0.15) is 35.4 Å². The van der Waals surface area contributed by atoms with Crippen LogP contribution in [-0.2, 0) is 10.5 Å². The topological polar surface area (TPSA) is 146 Å². The molecule has 3 aromatic heterocycles. The molecule has 7 heterocycles. The van der Waals surface area contributed by atoms with Gasteiger partial charge in [0.05, 0.1) is 21.9 Å². The second kappa shape index (κ2) is 10.3. The third-order valence-corrected chi connectivity index (χ3v) is 12.0. The van der Waals surface area contributed by atoms with Crippen molar-refractivity contribution in [3.63, 3.8) is 0 Å². The monoisotopic (exact) mass is 626 g/mol. The lowest BCUT2D eigenvalue weighted by Gasteiger charge is -2.48. The van der Waals surface area contributed by atoms with Crippen molar-refractivity contribution in [3.8, 4) is 12.1 Å². The number of anilines is 4. The van der Waals surface area contributed by atoms with Crippen LogP contribution in [0.25, 0.3) is 0 Å². The van der Waals surface area contributed by atoms with E-state index in [9.17, 15) is 9.65 Å². The second-order valence-corrected chi connectivity index (χ2v) is 14.3. The Balaban J connectivity index is 1.22. The molecule has 7 rings (SSSR count). The number of fused-ring (bicyclic) bond motifs is 3. The van der Waals surface area contributed by atoms with E-state index in [1.54, 1.807) is 29.9 Å². The normalized spacial score (nSPS) is 24.4. The number of nitrogens with two attached hydrogens (primary N) is 2. The van der Waals surface area contributed by atoms with E-state index in [4.69, 9.17) is 16.2 Å². The van der Waals surface area contributed by atoms with Gasteiger partial charge in [0, 0.05) is 61.7 Å². The van der Waals surface area contributed by atoms with E-state index in [0.29, 0.717) is 42.3 Å². The number of nitriles is 1. The maximum Gasteiger partial charge on any atom is 0.320 e. The minimum Gasteiger partial charge on any atom is -0.461 e. The number of hydrogen-bond donors (Lipinski definition) is 2. The maximum absolute atomic E-state index is 16.4. The van der Waals surface area contributed by atoms with E-state index in [-0.39, 0.29) is 34.8 Å². The zero-order valence-corrected chi connectivity index (χ0v) is 25.5. The Kier molecular flexibility index (Phi) is 6.79. The standard InChI is InChI=1S/C28H32F2N10OS2/c1-15(21-22(32)35-6-5-34-21)38(2)24-20(30)25(37-26(36-24)41-14-27-4-3-7-40(27)10-16(29)8-27)39-12-28(13-39)19-17(9-31)23(33)43-18(19)11-42-28/h5-6,15-16H,3-4,7-8,10-14,33H2,1-2H3,(H2,32,35)/t15?,16-,27+/m1/s1. The fourth-order valence-electron chi connectivity index (χ4n) is 7.05. The van der Waals surface area contributed by atoms with Crippen LogP contribution in [-0.4, -0.2) is 76.4 Å². The summed E-state index contributed by atoms with van der Waals surface area (Å²) in [7, 11) is 1.71. The van der Waals surface area contributed by atoms with Crippen molar-refractivity contribution in [1.29, 1.82) is 5.26 Å². The Bertz CT molecular complexity index is 1630. The molecule has 4 aliphatic heterocycles. The van der Waals surface area contributed by atoms with Gasteiger partial charge in [-0.25, -0.2) is 9.37 Å². The molecule has 3 saturated heterocycles. The van der Waals surface area contributed by atoms with E-state index in [1.165, 1.54) is 17.5 Å². The van der Waals surface area contributed by atoms with Crippen molar-refractivity contribution in [1.82, 2.24) is 24.8 Å². The molecule has 43 heavy (non-hydrogen) atoms. The first-order valence-corrected chi connectivity index (χ1v) is 16.0. The summed E-state index contributed by atoms with van der Waals surface area (Å²) in [5.41, 5.74) is 13.8. The molecule has 0 aromatic carbocycles. The molecule has 3 aromatic rings. The highest BCUT2D eigenvalue weighted by molar-refractivity contribution is 8.00. The Labute approximate surface area is 256 Å². The summed E-state index contributed by atoms with van der Waals surface area (Å²) >= 11 is 3.20. The Morgan fingerprint density at radius 1 is 1.28 bits per heavy atom. The molecule has 0 bridgehead atoms. The van der Waals surface area contributed by atoms with Crippen LogP contribution < -0.4 is 26.0 Å². The fraction of sp³-hybridized carbons (Fsp3) is 0.536. The molecule has 0 saturated carbocycles. The summed E-state index contributed by atoms with van der Waals surface area (Å²) in [4.78, 5) is 24.3. The van der Waals surface area contributed by atoms with Crippen LogP contribution in [0.1, 0.15) is 53.9 Å². The third kappa shape index (κ3) is 4.44. The molecular weight excluding hydrogens is 595 g/mol. The van der Waals surface area contributed by atoms with Crippen molar-refractivity contribution in [2.75, 3.05) is 61.1 Å². The Morgan fingerprint density at radius 2 is 2.07 bits per heavy atom. The number of thiophene rings is 1. The van der Waals surface area contributed by atoms with Gasteiger partial charge in [-0.1, -0.05) is 0 Å². The molecular formula is C28H32F2N10OS2. The van der Waals surface area contributed by atoms with E-state index in [0.717, 1.165) is 35.6 Å². The first-order valence-electron chi connectivity index (χ1n) is 14.2. The SMILES string of the molecule is CC(c1nccnc1N)N(C)c1nc(OC[C@@]23CCCN2C[C@H](F)C3)nc(N2CC3(C2)SCc2sc(N)c(C#N)c23)c1F. The van der Waals surface area contributed by atoms with Crippen molar-refractivity contribution in [2.24, 2.45) is 0 Å². The third-order valence-electron chi connectivity index (χ3n) is 9.34. The highest BCUT2D eigenvalue weighted by Gasteiger charge is 2.54. The Morgan fingerprint density at radius 3 is 2.84 bits per heavy atom. The van der Waals surface area contributed by atoms with Crippen LogP contribution in [0.4, 0.5) is 31.2 Å². The number of ether oxygens (including phenoxy) is 1. The molecule has 226 valence electrons. The fourth-order valence-corrected chi connectivity index (χ4v) is 9.85. The van der Waals surface area contributed by atoms with Gasteiger partial charge in [-0.05, 0) is 26.3 Å². The van der Waals surface area contributed by atoms with Crippen molar-refractivity contribution >= 4 is 45.6 Å². The first kappa shape index (κ1) is 28.3. The summed E-state index contributed by atoms with van der Waals surface area (Å²) in [5, 5.41) is 10.3. The zero-order valence-electron chi connectivity index (χ0n) is 23.9. The summed E-state index contributed by atoms with van der Waals surface area (Å²) in [5.74, 6) is 0.560. The number of thioether (sulfide) groups is 1. The lowest BCUT2D eigenvalue weighted by molar-refractivity contribution is 0.107. The summed E-state index contributed by atoms with van der Waals surface area (Å²) < 4.78 is 36.7. The van der Waals surface area contributed by atoms with Crippen LogP contribution >= 0.6 is 23.1 Å². The minimum atomic E-state index is -0.899. The van der Waals surface area contributed by atoms with Crippen LogP contribution in [0.15, 0.2) is 12.4 Å². The molecule has 11 nitrogen and oxygen atoms in total. The van der Waals surface area contributed by atoms with Crippen LogP contribution in [0.2, 0.25) is 0 Å². The number of alkyl halides is 1. The maximum atomic E-state index is 16.4. The van der Waals surface area contributed by atoms with Crippen LogP contribution in [0, 0.1) is 17.1 Å². The molecule has 1 spiro atoms. The van der Waals surface area contributed by atoms with Gasteiger partial charge in [0.15, 0.2) is 11.6 Å². The van der Waals surface area contributed by atoms with Gasteiger partial charge in [-0.2, -0.15) is 19.6 Å². The largest absolute Gasteiger partial charge is 0.461 e. The smallest absolute Gasteiger partial charge is 0.320 e. The van der Waals surface area contributed by atoms with Gasteiger partial charge in [-0.3, -0.25) is 9.88 Å². The van der Waals surface area contributed by atoms with Crippen LogP contribution in [0.3, 0.4) is 0 Å². The molecule has 1 unspecified atom stereocenters. The lowest BCUT2D eigenvalue weighted by atomic mass is 9.88. The van der Waals surface area contributed by atoms with Crippen molar-refractivity contribution in [2.45, 2.75) is 54.4 Å². The summed E-state index contributed by atoms with van der Waals surface area (Å²) in [6.45, 7) is 4.21. The van der Waals surface area contributed by atoms with Crippen molar-refractivity contribution in [3.05, 3.63) is 39.9 Å². The number of hydrogen-bond acceptors (Lipinski definition) is 13. The molecule has 0 radical (unpaired) electrons. The highest BCUT2D eigenvalue weighted by Crippen LogP contribution is 2.58. The highest BCUT2D eigenvalue weighted by atomic mass is 32.2. The molecule has 3 atom stereocenters. The number of aromatic nitrogens is 4. The van der Waals surface area contributed by atoms with E-state index in [1.807, 2.05) is 11.8 Å². The molecule has 0 amide bonds. The van der Waals surface area contributed by atoms with Gasteiger partial charge >= 0.3 is 6.01 Å². The van der Waals surface area contributed by atoms with E-state index in [2.05, 4.69) is 30.9 Å². The second-order valence-electron chi connectivity index (χ2n) is 11.8. The van der Waals surface area contributed by atoms with Crippen LogP contribution in [0.5, 0.6) is 6.01 Å². The predicted molar refractivity (Wildman–Crippen MR) is 162 cm³/mol. The molecule has 0 aliphatic carbocycles. The molecule has 3 fully saturated rings. The van der Waals surface area contributed by atoms with E-state index < -0.39 is 23.6 Å². The van der Waals surface area contributed by atoms with Gasteiger partial charge in [0.2, 0.25) is 5.82 Å². The Hall–Kier alpha value is -3.48.